The second-order valence-corrected chi connectivity index (χ2v) is 3.64. The van der Waals surface area contributed by atoms with Crippen LogP contribution < -0.4 is 5.32 Å². The van der Waals surface area contributed by atoms with E-state index in [0.717, 1.165) is 5.82 Å². The highest BCUT2D eigenvalue weighted by molar-refractivity contribution is 5.74. The summed E-state index contributed by atoms with van der Waals surface area (Å²) in [7, 11) is 1.86. The van der Waals surface area contributed by atoms with Gasteiger partial charge in [0.15, 0.2) is 5.82 Å². The molecule has 0 aliphatic carbocycles. The Bertz CT molecular complexity index is 345. The quantitative estimate of drug-likeness (QED) is 0.829. The van der Waals surface area contributed by atoms with Crippen molar-refractivity contribution in [1.82, 2.24) is 25.0 Å². The Morgan fingerprint density at radius 2 is 2.19 bits per heavy atom. The van der Waals surface area contributed by atoms with Gasteiger partial charge < -0.3 is 14.8 Å². The molecule has 0 aliphatic rings. The summed E-state index contributed by atoms with van der Waals surface area (Å²) < 4.78 is 1.80. The molecule has 6 heteroatoms. The normalized spacial score (nSPS) is 12.2. The summed E-state index contributed by atoms with van der Waals surface area (Å²) in [6.07, 6.45) is 1.62. The summed E-state index contributed by atoms with van der Waals surface area (Å²) in [4.78, 5) is 13.5. The van der Waals surface area contributed by atoms with Crippen LogP contribution in [-0.4, -0.2) is 38.8 Å². The van der Waals surface area contributed by atoms with Gasteiger partial charge in [-0.05, 0) is 20.8 Å². The number of nitrogens with one attached hydrogen (secondary N) is 1. The van der Waals surface area contributed by atoms with E-state index in [1.165, 1.54) is 0 Å². The number of rotatable bonds is 4. The van der Waals surface area contributed by atoms with Crippen molar-refractivity contribution in [2.24, 2.45) is 7.05 Å². The van der Waals surface area contributed by atoms with Crippen LogP contribution in [0.2, 0.25) is 0 Å². The number of aromatic nitrogens is 3. The summed E-state index contributed by atoms with van der Waals surface area (Å²) in [6, 6.07) is -0.207. The Kier molecular flexibility index (Phi) is 4.28. The summed E-state index contributed by atoms with van der Waals surface area (Å²) in [6.45, 7) is 7.21. The van der Waals surface area contributed by atoms with E-state index in [0.29, 0.717) is 13.1 Å². The molecule has 1 unspecified atom stereocenters. The molecule has 16 heavy (non-hydrogen) atoms. The van der Waals surface area contributed by atoms with Crippen molar-refractivity contribution in [3.05, 3.63) is 12.2 Å². The van der Waals surface area contributed by atoms with E-state index in [1.807, 2.05) is 27.8 Å². The molecule has 6 nitrogen and oxygen atoms in total. The molecule has 0 saturated heterocycles. The SMILES string of the molecule is CCN(CC)C(=O)NC(C)c1nncn1C. The highest BCUT2D eigenvalue weighted by Gasteiger charge is 2.16. The molecule has 1 atom stereocenters. The fourth-order valence-corrected chi connectivity index (χ4v) is 1.54. The van der Waals surface area contributed by atoms with Gasteiger partial charge in [0.05, 0.1) is 6.04 Å². The highest BCUT2D eigenvalue weighted by Crippen LogP contribution is 2.07. The molecule has 0 spiro atoms. The van der Waals surface area contributed by atoms with Crippen LogP contribution in [0.1, 0.15) is 32.6 Å². The maximum absolute atomic E-state index is 11.8. The van der Waals surface area contributed by atoms with Gasteiger partial charge >= 0.3 is 6.03 Å². The third-order valence-electron chi connectivity index (χ3n) is 2.52. The van der Waals surface area contributed by atoms with Gasteiger partial charge in [0.25, 0.3) is 0 Å². The maximum atomic E-state index is 11.8. The molecule has 0 aliphatic heterocycles. The van der Waals surface area contributed by atoms with E-state index in [1.54, 1.807) is 15.8 Å². The molecule has 1 aromatic rings. The molecule has 0 radical (unpaired) electrons. The largest absolute Gasteiger partial charge is 0.328 e. The summed E-state index contributed by atoms with van der Waals surface area (Å²) in [5.74, 6) is 0.750. The zero-order valence-corrected chi connectivity index (χ0v) is 10.3. The molecule has 1 N–H and O–H groups in total. The number of carbonyl (C=O) groups is 1. The standard InChI is InChI=1S/C10H19N5O/c1-5-15(6-2)10(16)12-8(3)9-13-11-7-14(9)4/h7-8H,5-6H2,1-4H3,(H,12,16). The second-order valence-electron chi connectivity index (χ2n) is 3.64. The van der Waals surface area contributed by atoms with E-state index >= 15 is 0 Å². The van der Waals surface area contributed by atoms with Crippen LogP contribution in [0.15, 0.2) is 6.33 Å². The number of nitrogens with zero attached hydrogens (tertiary/aromatic N) is 4. The van der Waals surface area contributed by atoms with Crippen LogP contribution in [0.3, 0.4) is 0 Å². The van der Waals surface area contributed by atoms with Crippen LogP contribution in [0, 0.1) is 0 Å². The lowest BCUT2D eigenvalue weighted by Crippen LogP contribution is -2.41. The van der Waals surface area contributed by atoms with Crippen molar-refractivity contribution >= 4 is 6.03 Å². The molecule has 0 fully saturated rings. The van der Waals surface area contributed by atoms with E-state index in [4.69, 9.17) is 0 Å². The van der Waals surface area contributed by atoms with Gasteiger partial charge in [-0.2, -0.15) is 0 Å². The number of amides is 2. The highest BCUT2D eigenvalue weighted by atomic mass is 16.2. The van der Waals surface area contributed by atoms with E-state index in [2.05, 4.69) is 15.5 Å². The molecule has 0 aromatic carbocycles. The molecule has 1 rings (SSSR count). The summed E-state index contributed by atoms with van der Waals surface area (Å²) in [5, 5.41) is 10.6. The predicted molar refractivity (Wildman–Crippen MR) is 60.9 cm³/mol. The predicted octanol–water partition coefficient (Wildman–Crippen LogP) is 0.927. The van der Waals surface area contributed by atoms with Gasteiger partial charge in [0.1, 0.15) is 6.33 Å². The molecule has 2 amide bonds. The van der Waals surface area contributed by atoms with Gasteiger partial charge in [0, 0.05) is 20.1 Å². The summed E-state index contributed by atoms with van der Waals surface area (Å²) >= 11 is 0. The van der Waals surface area contributed by atoms with Gasteiger partial charge in [-0.3, -0.25) is 0 Å². The third kappa shape index (κ3) is 2.71. The fraction of sp³-hybridized carbons (Fsp3) is 0.700. The van der Waals surface area contributed by atoms with Gasteiger partial charge in [-0.25, -0.2) is 4.79 Å². The van der Waals surface area contributed by atoms with Crippen molar-refractivity contribution in [2.45, 2.75) is 26.8 Å². The maximum Gasteiger partial charge on any atom is 0.317 e. The average Bonchev–Trinajstić information content (AvgIpc) is 2.66. The average molecular weight is 225 g/mol. The van der Waals surface area contributed by atoms with E-state index in [-0.39, 0.29) is 12.1 Å². The molecule has 1 aromatic heterocycles. The summed E-state index contributed by atoms with van der Waals surface area (Å²) in [5.41, 5.74) is 0. The minimum Gasteiger partial charge on any atom is -0.328 e. The number of hydrogen-bond donors (Lipinski definition) is 1. The monoisotopic (exact) mass is 225 g/mol. The molecule has 0 saturated carbocycles. The molecular formula is C10H19N5O. The molecule has 0 bridgehead atoms. The minimum absolute atomic E-state index is 0.0690. The van der Waals surface area contributed by atoms with Crippen LogP contribution >= 0.6 is 0 Å². The van der Waals surface area contributed by atoms with Gasteiger partial charge in [0.2, 0.25) is 0 Å². The second kappa shape index (κ2) is 5.48. The lowest BCUT2D eigenvalue weighted by Gasteiger charge is -2.22. The number of carbonyl (C=O) groups excluding carboxylic acids is 1. The van der Waals surface area contributed by atoms with Gasteiger partial charge in [-0.1, -0.05) is 0 Å². The zero-order valence-electron chi connectivity index (χ0n) is 10.3. The Morgan fingerprint density at radius 1 is 1.56 bits per heavy atom. The molecular weight excluding hydrogens is 206 g/mol. The molecule has 90 valence electrons. The van der Waals surface area contributed by atoms with E-state index in [9.17, 15) is 4.79 Å². The first-order valence-electron chi connectivity index (χ1n) is 5.49. The van der Waals surface area contributed by atoms with E-state index < -0.39 is 0 Å². The van der Waals surface area contributed by atoms with Crippen LogP contribution in [0.25, 0.3) is 0 Å². The van der Waals surface area contributed by atoms with Crippen LogP contribution in [0.4, 0.5) is 4.79 Å². The van der Waals surface area contributed by atoms with Crippen molar-refractivity contribution in [3.63, 3.8) is 0 Å². The van der Waals surface area contributed by atoms with Crippen molar-refractivity contribution < 1.29 is 4.79 Å². The fourth-order valence-electron chi connectivity index (χ4n) is 1.54. The Balaban J connectivity index is 2.61. The van der Waals surface area contributed by atoms with Crippen molar-refractivity contribution in [3.8, 4) is 0 Å². The van der Waals surface area contributed by atoms with Crippen LogP contribution in [-0.2, 0) is 7.05 Å². The topological polar surface area (TPSA) is 63.1 Å². The first-order chi connectivity index (χ1) is 7.60. The first-order valence-corrected chi connectivity index (χ1v) is 5.49. The smallest absolute Gasteiger partial charge is 0.317 e. The number of urea groups is 1. The van der Waals surface area contributed by atoms with Crippen LogP contribution in [0.5, 0.6) is 0 Å². The lowest BCUT2D eigenvalue weighted by atomic mass is 10.3. The van der Waals surface area contributed by atoms with Crippen molar-refractivity contribution in [2.75, 3.05) is 13.1 Å². The lowest BCUT2D eigenvalue weighted by molar-refractivity contribution is 0.199. The third-order valence-corrected chi connectivity index (χ3v) is 2.52. The number of hydrogen-bond acceptors (Lipinski definition) is 3. The Morgan fingerprint density at radius 3 is 2.62 bits per heavy atom. The Hall–Kier alpha value is -1.59. The minimum atomic E-state index is -0.138. The Labute approximate surface area is 95.6 Å². The zero-order chi connectivity index (χ0) is 12.1. The molecule has 1 heterocycles. The number of aryl methyl sites for hydroxylation is 1. The first kappa shape index (κ1) is 12.5. The van der Waals surface area contributed by atoms with Gasteiger partial charge in [-0.15, -0.1) is 10.2 Å². The van der Waals surface area contributed by atoms with Crippen molar-refractivity contribution in [1.29, 1.82) is 0 Å².